The molecule has 0 aromatic carbocycles. The van der Waals surface area contributed by atoms with Gasteiger partial charge in [-0.15, -0.1) is 12.3 Å². The highest BCUT2D eigenvalue weighted by Gasteiger charge is 2.24. The molecule has 0 bridgehead atoms. The maximum absolute atomic E-state index is 11.6. The standard InChI is InChI=1S/C11H18N2O5S/c1-4-6-9(11(15)16)12-10(14)8(3)13-19(17,18)7-5-2/h1,8-9,13H,5-7H2,2-3H3,(H,12,14)(H,15,16). The molecule has 0 rings (SSSR count). The molecule has 0 aromatic heterocycles. The topological polar surface area (TPSA) is 113 Å². The first-order valence-corrected chi connectivity index (χ1v) is 7.35. The second-order valence-electron chi connectivity index (χ2n) is 3.97. The minimum atomic E-state index is -3.54. The number of amides is 1. The predicted octanol–water partition coefficient (Wildman–Crippen LogP) is -0.703. The molecule has 0 heterocycles. The molecule has 0 fully saturated rings. The molecule has 2 unspecified atom stereocenters. The lowest BCUT2D eigenvalue weighted by molar-refractivity contribution is -0.141. The first-order valence-electron chi connectivity index (χ1n) is 5.70. The maximum Gasteiger partial charge on any atom is 0.327 e. The molecule has 0 spiro atoms. The molecule has 0 saturated heterocycles. The van der Waals surface area contributed by atoms with Gasteiger partial charge in [-0.25, -0.2) is 17.9 Å². The summed E-state index contributed by atoms with van der Waals surface area (Å²) in [5.74, 6) is 0.0253. The summed E-state index contributed by atoms with van der Waals surface area (Å²) in [5, 5.41) is 11.0. The van der Waals surface area contributed by atoms with E-state index in [-0.39, 0.29) is 12.2 Å². The Morgan fingerprint density at radius 3 is 2.42 bits per heavy atom. The van der Waals surface area contributed by atoms with Crippen LogP contribution in [0.1, 0.15) is 26.7 Å². The third-order valence-electron chi connectivity index (χ3n) is 2.16. The average molecular weight is 290 g/mol. The molecule has 0 saturated carbocycles. The van der Waals surface area contributed by atoms with Crippen molar-refractivity contribution in [2.24, 2.45) is 0 Å². The Morgan fingerprint density at radius 2 is 2.00 bits per heavy atom. The summed E-state index contributed by atoms with van der Waals surface area (Å²) in [6, 6.07) is -2.29. The number of aliphatic carboxylic acids is 1. The Balaban J connectivity index is 4.58. The molecular formula is C11H18N2O5S. The van der Waals surface area contributed by atoms with Gasteiger partial charge in [0.15, 0.2) is 0 Å². The van der Waals surface area contributed by atoms with Crippen LogP contribution in [0.2, 0.25) is 0 Å². The minimum Gasteiger partial charge on any atom is -0.480 e. The second kappa shape index (κ2) is 7.76. The number of hydrogen-bond donors (Lipinski definition) is 3. The first kappa shape index (κ1) is 17.4. The fraction of sp³-hybridized carbons (Fsp3) is 0.636. The monoisotopic (exact) mass is 290 g/mol. The average Bonchev–Trinajstić information content (AvgIpc) is 2.27. The van der Waals surface area contributed by atoms with Crippen LogP contribution in [0.3, 0.4) is 0 Å². The number of nitrogens with one attached hydrogen (secondary N) is 2. The van der Waals surface area contributed by atoms with Crippen LogP contribution in [0.25, 0.3) is 0 Å². The zero-order valence-corrected chi connectivity index (χ0v) is 11.7. The van der Waals surface area contributed by atoms with Gasteiger partial charge in [-0.2, -0.15) is 0 Å². The van der Waals surface area contributed by atoms with E-state index in [4.69, 9.17) is 11.5 Å². The van der Waals surface area contributed by atoms with Gasteiger partial charge in [0.25, 0.3) is 0 Å². The van der Waals surface area contributed by atoms with Crippen LogP contribution in [0, 0.1) is 12.3 Å². The van der Waals surface area contributed by atoms with Crippen LogP contribution in [-0.4, -0.2) is 43.2 Å². The zero-order valence-electron chi connectivity index (χ0n) is 10.8. The van der Waals surface area contributed by atoms with E-state index in [0.717, 1.165) is 0 Å². The molecule has 108 valence electrons. The Morgan fingerprint density at radius 1 is 1.42 bits per heavy atom. The van der Waals surface area contributed by atoms with Crippen LogP contribution in [-0.2, 0) is 19.6 Å². The van der Waals surface area contributed by atoms with Crippen molar-refractivity contribution in [1.82, 2.24) is 10.0 Å². The molecule has 19 heavy (non-hydrogen) atoms. The van der Waals surface area contributed by atoms with E-state index in [1.807, 2.05) is 0 Å². The largest absolute Gasteiger partial charge is 0.480 e. The quantitative estimate of drug-likeness (QED) is 0.512. The summed E-state index contributed by atoms with van der Waals surface area (Å²) in [6.45, 7) is 3.02. The van der Waals surface area contributed by atoms with Gasteiger partial charge in [-0.05, 0) is 13.3 Å². The Labute approximate surface area is 112 Å². The number of carbonyl (C=O) groups is 2. The molecule has 1 amide bonds. The van der Waals surface area contributed by atoms with Crippen LogP contribution in [0.5, 0.6) is 0 Å². The number of carboxylic acids is 1. The molecule has 0 aliphatic rings. The maximum atomic E-state index is 11.6. The number of terminal acetylenes is 1. The summed E-state index contributed by atoms with van der Waals surface area (Å²) in [5.41, 5.74) is 0. The summed E-state index contributed by atoms with van der Waals surface area (Å²) in [7, 11) is -3.54. The van der Waals surface area contributed by atoms with Gasteiger partial charge in [-0.3, -0.25) is 4.79 Å². The van der Waals surface area contributed by atoms with Crippen LogP contribution in [0.4, 0.5) is 0 Å². The molecule has 0 aliphatic carbocycles. The molecule has 0 aliphatic heterocycles. The van der Waals surface area contributed by atoms with E-state index in [2.05, 4.69) is 16.0 Å². The Kier molecular flexibility index (Phi) is 7.11. The normalized spacial score (nSPS) is 14.2. The van der Waals surface area contributed by atoms with Crippen LogP contribution in [0.15, 0.2) is 0 Å². The number of carbonyl (C=O) groups excluding carboxylic acids is 1. The van der Waals surface area contributed by atoms with Gasteiger partial charge in [0, 0.05) is 6.42 Å². The van der Waals surface area contributed by atoms with Crippen molar-refractivity contribution in [3.8, 4) is 12.3 Å². The fourth-order valence-corrected chi connectivity index (χ4v) is 2.57. The van der Waals surface area contributed by atoms with E-state index >= 15 is 0 Å². The SMILES string of the molecule is C#CCC(NC(=O)C(C)NS(=O)(=O)CCC)C(=O)O. The van der Waals surface area contributed by atoms with Crippen molar-refractivity contribution >= 4 is 21.9 Å². The van der Waals surface area contributed by atoms with Gasteiger partial charge in [0.05, 0.1) is 11.8 Å². The zero-order chi connectivity index (χ0) is 15.1. The van der Waals surface area contributed by atoms with Crippen molar-refractivity contribution in [3.63, 3.8) is 0 Å². The predicted molar refractivity (Wildman–Crippen MR) is 69.7 cm³/mol. The van der Waals surface area contributed by atoms with Crippen molar-refractivity contribution in [2.45, 2.75) is 38.8 Å². The minimum absolute atomic E-state index is 0.0999. The van der Waals surface area contributed by atoms with E-state index in [1.54, 1.807) is 6.92 Å². The lowest BCUT2D eigenvalue weighted by Gasteiger charge is -2.17. The van der Waals surface area contributed by atoms with Crippen LogP contribution >= 0.6 is 0 Å². The van der Waals surface area contributed by atoms with Gasteiger partial charge in [0.1, 0.15) is 6.04 Å². The lowest BCUT2D eigenvalue weighted by atomic mass is 10.2. The summed E-state index contributed by atoms with van der Waals surface area (Å²) in [4.78, 5) is 22.4. The Hall–Kier alpha value is -1.59. The number of rotatable bonds is 8. The van der Waals surface area contributed by atoms with E-state index < -0.39 is 34.0 Å². The molecule has 0 aromatic rings. The highest BCUT2D eigenvalue weighted by molar-refractivity contribution is 7.89. The molecule has 8 heteroatoms. The molecule has 7 nitrogen and oxygen atoms in total. The van der Waals surface area contributed by atoms with Crippen molar-refractivity contribution in [2.75, 3.05) is 5.75 Å². The summed E-state index contributed by atoms with van der Waals surface area (Å²) in [6.07, 6.45) is 5.23. The third-order valence-corrected chi connectivity index (χ3v) is 3.82. The summed E-state index contributed by atoms with van der Waals surface area (Å²) >= 11 is 0. The van der Waals surface area contributed by atoms with Crippen molar-refractivity contribution < 1.29 is 23.1 Å². The van der Waals surface area contributed by atoms with Crippen molar-refractivity contribution in [1.29, 1.82) is 0 Å². The third kappa shape index (κ3) is 6.79. The molecular weight excluding hydrogens is 272 g/mol. The first-order chi connectivity index (χ1) is 8.73. The lowest BCUT2D eigenvalue weighted by Crippen LogP contribution is -2.50. The number of hydrogen-bond acceptors (Lipinski definition) is 4. The van der Waals surface area contributed by atoms with Gasteiger partial charge < -0.3 is 10.4 Å². The van der Waals surface area contributed by atoms with E-state index in [0.29, 0.717) is 6.42 Å². The molecule has 3 N–H and O–H groups in total. The number of carboxylic acid groups (broad SMARTS) is 1. The molecule has 0 radical (unpaired) electrons. The fourth-order valence-electron chi connectivity index (χ4n) is 1.27. The highest BCUT2D eigenvalue weighted by Crippen LogP contribution is 1.96. The molecule has 2 atom stereocenters. The van der Waals surface area contributed by atoms with Gasteiger partial charge in [-0.1, -0.05) is 6.92 Å². The van der Waals surface area contributed by atoms with E-state index in [1.165, 1.54) is 6.92 Å². The van der Waals surface area contributed by atoms with Crippen molar-refractivity contribution in [3.05, 3.63) is 0 Å². The van der Waals surface area contributed by atoms with Gasteiger partial charge in [0.2, 0.25) is 15.9 Å². The van der Waals surface area contributed by atoms with E-state index in [9.17, 15) is 18.0 Å². The van der Waals surface area contributed by atoms with Gasteiger partial charge >= 0.3 is 5.97 Å². The smallest absolute Gasteiger partial charge is 0.327 e. The van der Waals surface area contributed by atoms with Crippen LogP contribution < -0.4 is 10.0 Å². The second-order valence-corrected chi connectivity index (χ2v) is 5.84. The Bertz CT molecular complexity index is 466. The highest BCUT2D eigenvalue weighted by atomic mass is 32.2. The number of sulfonamides is 1. The summed E-state index contributed by atoms with van der Waals surface area (Å²) < 4.78 is 25.1.